The lowest BCUT2D eigenvalue weighted by atomic mass is 9.95. The molecule has 1 saturated carbocycles. The Labute approximate surface area is 203 Å². The largest absolute Gasteiger partial charge is 0.497 e. The number of hydrogen-bond donors (Lipinski definition) is 1. The Bertz CT molecular complexity index is 969. The lowest BCUT2D eigenvalue weighted by molar-refractivity contribution is -0.143. The van der Waals surface area contributed by atoms with Crippen LogP contribution in [0, 0.1) is 13.8 Å². The number of methoxy groups -OCH3 is 1. The molecule has 1 atom stereocenters. The van der Waals surface area contributed by atoms with Gasteiger partial charge in [0.25, 0.3) is 5.91 Å². The van der Waals surface area contributed by atoms with Gasteiger partial charge in [-0.1, -0.05) is 56.0 Å². The number of amides is 2. The van der Waals surface area contributed by atoms with Gasteiger partial charge in [0.15, 0.2) is 6.61 Å². The molecular formula is C28H38N2O4. The second kappa shape index (κ2) is 12.4. The highest BCUT2D eigenvalue weighted by Gasteiger charge is 2.30. The number of carbonyl (C=O) groups is 2. The number of ether oxygens (including phenoxy) is 2. The minimum Gasteiger partial charge on any atom is -0.497 e. The van der Waals surface area contributed by atoms with Gasteiger partial charge >= 0.3 is 0 Å². The van der Waals surface area contributed by atoms with E-state index in [0.29, 0.717) is 18.7 Å². The number of hydrogen-bond acceptors (Lipinski definition) is 4. The number of rotatable bonds is 10. The van der Waals surface area contributed by atoms with Crippen molar-refractivity contribution in [3.05, 3.63) is 59.2 Å². The molecule has 6 heteroatoms. The molecular weight excluding hydrogens is 428 g/mol. The van der Waals surface area contributed by atoms with E-state index < -0.39 is 6.04 Å². The average Bonchev–Trinajstić information content (AvgIpc) is 2.84. The molecule has 1 N–H and O–H groups in total. The summed E-state index contributed by atoms with van der Waals surface area (Å²) in [5.74, 6) is 1.10. The molecule has 0 spiro atoms. The summed E-state index contributed by atoms with van der Waals surface area (Å²) < 4.78 is 11.2. The first-order valence-corrected chi connectivity index (χ1v) is 12.3. The Balaban J connectivity index is 1.78. The van der Waals surface area contributed by atoms with Gasteiger partial charge in [0, 0.05) is 12.6 Å². The van der Waals surface area contributed by atoms with E-state index in [4.69, 9.17) is 9.47 Å². The molecule has 1 aliphatic carbocycles. The smallest absolute Gasteiger partial charge is 0.261 e. The molecule has 184 valence electrons. The Morgan fingerprint density at radius 1 is 1.09 bits per heavy atom. The summed E-state index contributed by atoms with van der Waals surface area (Å²) in [7, 11) is 1.62. The van der Waals surface area contributed by atoms with Gasteiger partial charge in [0.05, 0.1) is 7.11 Å². The summed E-state index contributed by atoms with van der Waals surface area (Å²) in [5.41, 5.74) is 3.03. The molecule has 0 aliphatic heterocycles. The van der Waals surface area contributed by atoms with E-state index in [0.717, 1.165) is 48.1 Å². The Morgan fingerprint density at radius 2 is 1.85 bits per heavy atom. The van der Waals surface area contributed by atoms with Gasteiger partial charge in [0.2, 0.25) is 5.91 Å². The molecule has 1 aliphatic rings. The fourth-order valence-electron chi connectivity index (χ4n) is 4.61. The summed E-state index contributed by atoms with van der Waals surface area (Å²) in [6.45, 7) is 6.12. The minimum absolute atomic E-state index is 0.0860. The molecule has 0 radical (unpaired) electrons. The van der Waals surface area contributed by atoms with Crippen molar-refractivity contribution in [2.24, 2.45) is 0 Å². The van der Waals surface area contributed by atoms with Crippen LogP contribution in [-0.2, 0) is 16.1 Å². The van der Waals surface area contributed by atoms with Crippen LogP contribution in [0.2, 0.25) is 0 Å². The normalized spacial score (nSPS) is 14.8. The second-order valence-electron chi connectivity index (χ2n) is 9.20. The van der Waals surface area contributed by atoms with Crippen molar-refractivity contribution in [1.82, 2.24) is 10.2 Å². The first kappa shape index (κ1) is 25.6. The summed E-state index contributed by atoms with van der Waals surface area (Å²) in [6.07, 6.45) is 6.02. The zero-order chi connectivity index (χ0) is 24.5. The first-order chi connectivity index (χ1) is 16.4. The molecule has 1 fully saturated rings. The van der Waals surface area contributed by atoms with Crippen LogP contribution in [0.1, 0.15) is 62.1 Å². The molecule has 0 aromatic heterocycles. The van der Waals surface area contributed by atoms with Crippen LogP contribution in [0.4, 0.5) is 0 Å². The van der Waals surface area contributed by atoms with Crippen molar-refractivity contribution in [2.45, 2.75) is 77.9 Å². The van der Waals surface area contributed by atoms with Crippen molar-refractivity contribution < 1.29 is 19.1 Å². The molecule has 0 bridgehead atoms. The van der Waals surface area contributed by atoms with Gasteiger partial charge in [0.1, 0.15) is 17.5 Å². The van der Waals surface area contributed by atoms with E-state index in [9.17, 15) is 9.59 Å². The monoisotopic (exact) mass is 466 g/mol. The van der Waals surface area contributed by atoms with E-state index in [-0.39, 0.29) is 24.5 Å². The lowest BCUT2D eigenvalue weighted by Crippen LogP contribution is -2.52. The van der Waals surface area contributed by atoms with E-state index >= 15 is 0 Å². The maximum absolute atomic E-state index is 13.4. The van der Waals surface area contributed by atoms with Crippen LogP contribution in [0.15, 0.2) is 42.5 Å². The molecule has 0 heterocycles. The summed E-state index contributed by atoms with van der Waals surface area (Å²) in [4.78, 5) is 28.4. The van der Waals surface area contributed by atoms with Gasteiger partial charge < -0.3 is 19.7 Å². The van der Waals surface area contributed by atoms with Crippen molar-refractivity contribution in [1.29, 1.82) is 0 Å². The molecule has 2 aromatic carbocycles. The number of benzene rings is 2. The SMILES string of the molecule is CC[C@@H](C(=O)NC1CCCCC1)N(Cc1cccc(OC)c1)C(=O)COc1ccc(C)cc1C. The fourth-order valence-corrected chi connectivity index (χ4v) is 4.61. The summed E-state index contributed by atoms with van der Waals surface area (Å²) in [6, 6.07) is 13.1. The third-order valence-electron chi connectivity index (χ3n) is 6.51. The summed E-state index contributed by atoms with van der Waals surface area (Å²) >= 11 is 0. The van der Waals surface area contributed by atoms with Gasteiger partial charge in [-0.3, -0.25) is 9.59 Å². The van der Waals surface area contributed by atoms with Crippen LogP contribution >= 0.6 is 0 Å². The van der Waals surface area contributed by atoms with Gasteiger partial charge in [-0.05, 0) is 62.4 Å². The van der Waals surface area contributed by atoms with Gasteiger partial charge in [-0.25, -0.2) is 0 Å². The standard InChI is InChI=1S/C28H38N2O4/c1-5-25(28(32)29-23-11-7-6-8-12-23)30(18-22-10-9-13-24(17-22)33-4)27(31)19-34-26-15-14-20(2)16-21(26)3/h9-10,13-17,23,25H,5-8,11-12,18-19H2,1-4H3,(H,29,32)/t25-/m0/s1. The van der Waals surface area contributed by atoms with Gasteiger partial charge in [-0.2, -0.15) is 0 Å². The van der Waals surface area contributed by atoms with E-state index in [1.54, 1.807) is 12.0 Å². The highest BCUT2D eigenvalue weighted by Crippen LogP contribution is 2.22. The molecule has 6 nitrogen and oxygen atoms in total. The Kier molecular flexibility index (Phi) is 9.37. The third kappa shape index (κ3) is 6.99. The van der Waals surface area contributed by atoms with E-state index in [2.05, 4.69) is 5.32 Å². The number of nitrogens with zero attached hydrogens (tertiary/aromatic N) is 1. The molecule has 3 rings (SSSR count). The van der Waals surface area contributed by atoms with E-state index in [1.807, 2.05) is 63.2 Å². The van der Waals surface area contributed by atoms with Crippen LogP contribution in [0.3, 0.4) is 0 Å². The van der Waals surface area contributed by atoms with Crippen molar-refractivity contribution in [3.8, 4) is 11.5 Å². The fraction of sp³-hybridized carbons (Fsp3) is 0.500. The third-order valence-corrected chi connectivity index (χ3v) is 6.51. The molecule has 2 amide bonds. The van der Waals surface area contributed by atoms with Gasteiger partial charge in [-0.15, -0.1) is 0 Å². The highest BCUT2D eigenvalue weighted by molar-refractivity contribution is 5.88. The topological polar surface area (TPSA) is 67.9 Å². The van der Waals surface area contributed by atoms with Crippen LogP contribution in [-0.4, -0.2) is 42.5 Å². The van der Waals surface area contributed by atoms with E-state index in [1.165, 1.54) is 6.42 Å². The predicted octanol–water partition coefficient (Wildman–Crippen LogP) is 4.95. The van der Waals surface area contributed by atoms with Crippen molar-refractivity contribution in [2.75, 3.05) is 13.7 Å². The second-order valence-corrected chi connectivity index (χ2v) is 9.20. The molecule has 0 saturated heterocycles. The van der Waals surface area contributed by atoms with Crippen molar-refractivity contribution >= 4 is 11.8 Å². The highest BCUT2D eigenvalue weighted by atomic mass is 16.5. The first-order valence-electron chi connectivity index (χ1n) is 12.3. The van der Waals surface area contributed by atoms with Crippen LogP contribution in [0.5, 0.6) is 11.5 Å². The maximum atomic E-state index is 13.4. The van der Waals surface area contributed by atoms with Crippen LogP contribution < -0.4 is 14.8 Å². The zero-order valence-electron chi connectivity index (χ0n) is 20.9. The predicted molar refractivity (Wildman–Crippen MR) is 134 cm³/mol. The average molecular weight is 467 g/mol. The lowest BCUT2D eigenvalue weighted by Gasteiger charge is -2.32. The molecule has 0 unspecified atom stereocenters. The zero-order valence-corrected chi connectivity index (χ0v) is 20.9. The summed E-state index contributed by atoms with van der Waals surface area (Å²) in [5, 5.41) is 3.20. The van der Waals surface area contributed by atoms with Crippen LogP contribution in [0.25, 0.3) is 0 Å². The Hall–Kier alpha value is -3.02. The molecule has 2 aromatic rings. The minimum atomic E-state index is -0.566. The van der Waals surface area contributed by atoms with Crippen molar-refractivity contribution in [3.63, 3.8) is 0 Å². The number of nitrogens with one attached hydrogen (secondary N) is 1. The maximum Gasteiger partial charge on any atom is 0.261 e. The Morgan fingerprint density at radius 3 is 2.53 bits per heavy atom. The quantitative estimate of drug-likeness (QED) is 0.538. The number of aryl methyl sites for hydroxylation is 2. The number of carbonyl (C=O) groups excluding carboxylic acids is 2. The molecule has 34 heavy (non-hydrogen) atoms.